The molecule has 4 rings (SSSR count). The van der Waals surface area contributed by atoms with Crippen molar-refractivity contribution in [3.05, 3.63) is 81.2 Å². The number of rotatable bonds is 7. The normalized spacial score (nSPS) is 11.4. The van der Waals surface area contributed by atoms with Crippen LogP contribution in [0.2, 0.25) is 0 Å². The number of anilines is 2. The van der Waals surface area contributed by atoms with Gasteiger partial charge in [-0.05, 0) is 61.9 Å². The third-order valence-corrected chi connectivity index (χ3v) is 6.53. The smallest absolute Gasteiger partial charge is 0.416 e. The van der Waals surface area contributed by atoms with Crippen LogP contribution in [0.1, 0.15) is 27.7 Å². The summed E-state index contributed by atoms with van der Waals surface area (Å²) < 4.78 is 45.2. The van der Waals surface area contributed by atoms with E-state index in [4.69, 9.17) is 4.74 Å². The minimum Gasteiger partial charge on any atom is -0.494 e. The van der Waals surface area contributed by atoms with Crippen molar-refractivity contribution in [2.45, 2.75) is 26.6 Å². The number of benzene rings is 2. The van der Waals surface area contributed by atoms with Gasteiger partial charge in [0.05, 0.1) is 28.8 Å². The zero-order chi connectivity index (χ0) is 26.7. The van der Waals surface area contributed by atoms with Crippen molar-refractivity contribution in [2.24, 2.45) is 0 Å². The van der Waals surface area contributed by atoms with E-state index in [0.29, 0.717) is 33.3 Å². The van der Waals surface area contributed by atoms with Crippen LogP contribution in [0.3, 0.4) is 0 Å². The maximum absolute atomic E-state index is 13.1. The number of hydrogen-bond donors (Lipinski definition) is 2. The number of aryl methyl sites for hydroxylation is 1. The minimum atomic E-state index is -4.56. The Morgan fingerprint density at radius 3 is 2.49 bits per heavy atom. The number of amides is 2. The summed E-state index contributed by atoms with van der Waals surface area (Å²) in [6, 6.07) is 11.0. The Bertz CT molecular complexity index is 1530. The molecule has 0 aliphatic rings. The predicted molar refractivity (Wildman–Crippen MR) is 134 cm³/mol. The zero-order valence-corrected chi connectivity index (χ0v) is 20.5. The fourth-order valence-corrected chi connectivity index (χ4v) is 4.64. The van der Waals surface area contributed by atoms with Gasteiger partial charge in [0.1, 0.15) is 17.1 Å². The molecule has 4 aromatic rings. The average molecular weight is 531 g/mol. The monoisotopic (exact) mass is 530 g/mol. The molecular weight excluding hydrogens is 509 g/mol. The van der Waals surface area contributed by atoms with Gasteiger partial charge in [-0.15, -0.1) is 11.3 Å². The van der Waals surface area contributed by atoms with E-state index in [1.807, 2.05) is 6.92 Å². The topological polar surface area (TPSA) is 102 Å². The van der Waals surface area contributed by atoms with Gasteiger partial charge in [0.2, 0.25) is 5.91 Å². The first-order valence-electron chi connectivity index (χ1n) is 11.1. The number of aromatic nitrogens is 2. The van der Waals surface area contributed by atoms with E-state index in [9.17, 15) is 27.6 Å². The van der Waals surface area contributed by atoms with Crippen molar-refractivity contribution in [3.63, 3.8) is 0 Å². The van der Waals surface area contributed by atoms with Crippen molar-refractivity contribution in [1.82, 2.24) is 9.55 Å². The molecule has 2 aromatic carbocycles. The van der Waals surface area contributed by atoms with Gasteiger partial charge in [0.25, 0.3) is 11.5 Å². The molecule has 2 heterocycles. The number of carbonyl (C=O) groups is 2. The van der Waals surface area contributed by atoms with Crippen molar-refractivity contribution < 1.29 is 27.5 Å². The third-order valence-electron chi connectivity index (χ3n) is 5.33. The lowest BCUT2D eigenvalue weighted by Gasteiger charge is -2.10. The number of thiophene rings is 1. The summed E-state index contributed by atoms with van der Waals surface area (Å²) in [4.78, 5) is 43.2. The number of nitrogens with one attached hydrogen (secondary N) is 2. The van der Waals surface area contributed by atoms with E-state index in [1.165, 1.54) is 18.5 Å². The van der Waals surface area contributed by atoms with E-state index < -0.39 is 35.7 Å². The minimum absolute atomic E-state index is 0.0538. The summed E-state index contributed by atoms with van der Waals surface area (Å²) in [6.07, 6.45) is -3.39. The van der Waals surface area contributed by atoms with Crippen molar-refractivity contribution in [2.75, 3.05) is 17.2 Å². The molecule has 0 bridgehead atoms. The molecule has 192 valence electrons. The van der Waals surface area contributed by atoms with Crippen molar-refractivity contribution >= 4 is 44.7 Å². The van der Waals surface area contributed by atoms with Crippen LogP contribution in [-0.4, -0.2) is 28.0 Å². The first kappa shape index (κ1) is 25.9. The third kappa shape index (κ3) is 5.80. The Balaban J connectivity index is 1.52. The SMILES string of the molecule is CCOc1ccc(NC(=O)c2sc3ncn(CC(=O)Nc4cccc(C(F)(F)F)c4)c(=O)c3c2C)cc1. The number of halogens is 3. The first-order chi connectivity index (χ1) is 17.6. The largest absolute Gasteiger partial charge is 0.494 e. The molecule has 2 N–H and O–H groups in total. The Hall–Kier alpha value is -4.19. The van der Waals surface area contributed by atoms with Crippen LogP contribution in [0.4, 0.5) is 24.5 Å². The molecule has 0 saturated carbocycles. The summed E-state index contributed by atoms with van der Waals surface area (Å²) in [5, 5.41) is 5.32. The second kappa shape index (κ2) is 10.4. The van der Waals surface area contributed by atoms with Crippen LogP contribution in [0, 0.1) is 6.92 Å². The van der Waals surface area contributed by atoms with Gasteiger partial charge in [0, 0.05) is 11.4 Å². The van der Waals surface area contributed by atoms with Gasteiger partial charge in [-0.2, -0.15) is 13.2 Å². The average Bonchev–Trinajstić information content (AvgIpc) is 3.19. The maximum Gasteiger partial charge on any atom is 0.416 e. The molecule has 0 atom stereocenters. The highest BCUT2D eigenvalue weighted by molar-refractivity contribution is 7.20. The van der Waals surface area contributed by atoms with Gasteiger partial charge < -0.3 is 15.4 Å². The standard InChI is InChI=1S/C25H21F3N4O4S/c1-3-36-18-9-7-16(8-10-18)31-22(34)21-14(2)20-23(37-21)29-13-32(24(20)35)12-19(33)30-17-6-4-5-15(11-17)25(26,27)28/h4-11,13H,3,12H2,1-2H3,(H,30,33)(H,31,34). The van der Waals surface area contributed by atoms with E-state index in [0.717, 1.165) is 28.0 Å². The van der Waals surface area contributed by atoms with Crippen LogP contribution >= 0.6 is 11.3 Å². The second-order valence-corrected chi connectivity index (χ2v) is 8.95. The highest BCUT2D eigenvalue weighted by Crippen LogP contribution is 2.31. The highest BCUT2D eigenvalue weighted by Gasteiger charge is 2.30. The van der Waals surface area contributed by atoms with Crippen LogP contribution in [0.15, 0.2) is 59.7 Å². The number of carbonyl (C=O) groups excluding carboxylic acids is 2. The quantitative estimate of drug-likeness (QED) is 0.347. The Labute approximate surface area is 212 Å². The fraction of sp³-hybridized carbons (Fsp3) is 0.200. The molecule has 0 fully saturated rings. The summed E-state index contributed by atoms with van der Waals surface area (Å²) >= 11 is 1.04. The Morgan fingerprint density at radius 1 is 1.08 bits per heavy atom. The Kier molecular flexibility index (Phi) is 7.30. The summed E-state index contributed by atoms with van der Waals surface area (Å²) in [6.45, 7) is 3.53. The molecule has 0 aliphatic carbocycles. The van der Waals surface area contributed by atoms with Gasteiger partial charge in [-0.3, -0.25) is 19.0 Å². The molecule has 0 aliphatic heterocycles. The van der Waals surface area contributed by atoms with Crippen LogP contribution in [-0.2, 0) is 17.5 Å². The van der Waals surface area contributed by atoms with E-state index in [-0.39, 0.29) is 11.1 Å². The second-order valence-electron chi connectivity index (χ2n) is 7.95. The number of hydrogen-bond acceptors (Lipinski definition) is 6. The lowest BCUT2D eigenvalue weighted by atomic mass is 10.2. The fourth-order valence-electron chi connectivity index (χ4n) is 3.61. The maximum atomic E-state index is 13.1. The molecule has 0 spiro atoms. The number of alkyl halides is 3. The van der Waals surface area contributed by atoms with Gasteiger partial charge >= 0.3 is 6.18 Å². The molecular formula is C25H21F3N4O4S. The Morgan fingerprint density at radius 2 is 1.81 bits per heavy atom. The summed E-state index contributed by atoms with van der Waals surface area (Å²) in [5.74, 6) is -0.456. The van der Waals surface area contributed by atoms with Gasteiger partial charge in [-0.25, -0.2) is 4.98 Å². The number of nitrogens with zero attached hydrogens (tertiary/aromatic N) is 2. The van der Waals surface area contributed by atoms with Crippen LogP contribution in [0.25, 0.3) is 10.2 Å². The molecule has 8 nitrogen and oxygen atoms in total. The number of fused-ring (bicyclic) bond motifs is 1. The lowest BCUT2D eigenvalue weighted by Crippen LogP contribution is -2.28. The molecule has 37 heavy (non-hydrogen) atoms. The molecule has 0 radical (unpaired) electrons. The van der Waals surface area contributed by atoms with Crippen molar-refractivity contribution in [1.29, 1.82) is 0 Å². The molecule has 0 unspecified atom stereocenters. The van der Waals surface area contributed by atoms with Crippen LogP contribution in [0.5, 0.6) is 5.75 Å². The summed E-state index contributed by atoms with van der Waals surface area (Å²) in [7, 11) is 0. The van der Waals surface area contributed by atoms with E-state index in [2.05, 4.69) is 15.6 Å². The van der Waals surface area contributed by atoms with E-state index in [1.54, 1.807) is 31.2 Å². The summed E-state index contributed by atoms with van der Waals surface area (Å²) in [5.41, 5.74) is -0.550. The van der Waals surface area contributed by atoms with E-state index >= 15 is 0 Å². The zero-order valence-electron chi connectivity index (χ0n) is 19.7. The molecule has 2 amide bonds. The highest BCUT2D eigenvalue weighted by atomic mass is 32.1. The van der Waals surface area contributed by atoms with Gasteiger partial charge in [0.15, 0.2) is 0 Å². The molecule has 2 aromatic heterocycles. The first-order valence-corrected chi connectivity index (χ1v) is 11.9. The molecule has 12 heteroatoms. The van der Waals surface area contributed by atoms with Crippen molar-refractivity contribution in [3.8, 4) is 5.75 Å². The lowest BCUT2D eigenvalue weighted by molar-refractivity contribution is -0.137. The predicted octanol–water partition coefficient (Wildman–Crippen LogP) is 5.07. The van der Waals surface area contributed by atoms with Crippen LogP contribution < -0.4 is 20.9 Å². The number of ether oxygens (including phenoxy) is 1. The molecule has 0 saturated heterocycles. The van der Waals surface area contributed by atoms with Gasteiger partial charge in [-0.1, -0.05) is 6.07 Å².